The maximum Gasteiger partial charge on any atom is 0.337 e. The van der Waals surface area contributed by atoms with Gasteiger partial charge in [0.15, 0.2) is 4.80 Å². The Morgan fingerprint density at radius 3 is 2.62 bits per heavy atom. The van der Waals surface area contributed by atoms with E-state index in [4.69, 9.17) is 4.74 Å². The van der Waals surface area contributed by atoms with Gasteiger partial charge in [0.25, 0.3) is 5.91 Å². The third-order valence-corrected chi connectivity index (χ3v) is 5.09. The largest absolute Gasteiger partial charge is 0.465 e. The Kier molecular flexibility index (Phi) is 5.87. The second kappa shape index (κ2) is 7.53. The van der Waals surface area contributed by atoms with Crippen molar-refractivity contribution in [1.82, 2.24) is 4.57 Å². The second-order valence-electron chi connectivity index (χ2n) is 6.37. The van der Waals surface area contributed by atoms with Crippen molar-refractivity contribution in [2.45, 2.75) is 27.3 Å². The predicted molar refractivity (Wildman–Crippen MR) is 99.6 cm³/mol. The van der Waals surface area contributed by atoms with Crippen molar-refractivity contribution in [3.63, 3.8) is 0 Å². The molecule has 0 fully saturated rings. The molecular weight excluding hydrogens is 344 g/mol. The van der Waals surface area contributed by atoms with Crippen LogP contribution in [0.15, 0.2) is 23.2 Å². The molecular formula is C17H22N2O3S2. The van der Waals surface area contributed by atoms with Gasteiger partial charge in [0.1, 0.15) is 0 Å². The van der Waals surface area contributed by atoms with Gasteiger partial charge >= 0.3 is 5.97 Å². The zero-order valence-electron chi connectivity index (χ0n) is 14.6. The number of thiazole rings is 1. The molecule has 1 aromatic heterocycles. The minimum absolute atomic E-state index is 0.153. The number of rotatable bonds is 4. The second-order valence-corrected chi connectivity index (χ2v) is 8.36. The normalized spacial score (nSPS) is 12.6. The monoisotopic (exact) mass is 366 g/mol. The molecule has 0 saturated carbocycles. The van der Waals surface area contributed by atoms with E-state index in [0.717, 1.165) is 22.5 Å². The number of benzene rings is 1. The van der Waals surface area contributed by atoms with Crippen LogP contribution in [-0.4, -0.2) is 35.6 Å². The SMILES string of the molecule is COC(=O)c1ccc2c(c1)sc(=NC(=O)C(C)(C)C)n2CCSC. The first-order chi connectivity index (χ1) is 11.3. The molecule has 5 nitrogen and oxygen atoms in total. The quantitative estimate of drug-likeness (QED) is 0.779. The van der Waals surface area contributed by atoms with E-state index >= 15 is 0 Å². The molecule has 24 heavy (non-hydrogen) atoms. The lowest BCUT2D eigenvalue weighted by molar-refractivity contribution is -0.125. The summed E-state index contributed by atoms with van der Waals surface area (Å²) in [5, 5.41) is 0. The Labute approximate surface area is 149 Å². The van der Waals surface area contributed by atoms with Gasteiger partial charge in [-0.15, -0.1) is 0 Å². The molecule has 0 N–H and O–H groups in total. The van der Waals surface area contributed by atoms with Crippen LogP contribution >= 0.6 is 23.1 Å². The van der Waals surface area contributed by atoms with E-state index < -0.39 is 5.41 Å². The molecule has 7 heteroatoms. The van der Waals surface area contributed by atoms with Crippen LogP contribution in [-0.2, 0) is 16.1 Å². The number of nitrogens with zero attached hydrogens (tertiary/aromatic N) is 2. The lowest BCUT2D eigenvalue weighted by Crippen LogP contribution is -2.24. The Bertz CT molecular complexity index is 828. The highest BCUT2D eigenvalue weighted by molar-refractivity contribution is 7.98. The number of carbonyl (C=O) groups is 2. The summed E-state index contributed by atoms with van der Waals surface area (Å²) in [6.07, 6.45) is 2.04. The van der Waals surface area contributed by atoms with Gasteiger partial charge in [0.05, 0.1) is 22.9 Å². The summed E-state index contributed by atoms with van der Waals surface area (Å²) in [6.45, 7) is 6.32. The molecule has 0 saturated heterocycles. The number of aryl methyl sites for hydroxylation is 1. The number of ether oxygens (including phenoxy) is 1. The number of fused-ring (bicyclic) bond motifs is 1. The van der Waals surface area contributed by atoms with Crippen molar-refractivity contribution in [3.05, 3.63) is 28.6 Å². The highest BCUT2D eigenvalue weighted by atomic mass is 32.2. The summed E-state index contributed by atoms with van der Waals surface area (Å²) in [5.41, 5.74) is 0.948. The molecule has 2 aromatic rings. The van der Waals surface area contributed by atoms with E-state index in [1.165, 1.54) is 18.4 Å². The summed E-state index contributed by atoms with van der Waals surface area (Å²) in [4.78, 5) is 29.0. The average Bonchev–Trinajstić information content (AvgIpc) is 2.87. The highest BCUT2D eigenvalue weighted by Crippen LogP contribution is 2.21. The molecule has 0 aliphatic heterocycles. The van der Waals surface area contributed by atoms with E-state index in [-0.39, 0.29) is 11.9 Å². The summed E-state index contributed by atoms with van der Waals surface area (Å²) in [5.74, 6) is 0.395. The number of hydrogen-bond donors (Lipinski definition) is 0. The van der Waals surface area contributed by atoms with Crippen LogP contribution in [0.2, 0.25) is 0 Å². The van der Waals surface area contributed by atoms with Crippen LogP contribution in [0.25, 0.3) is 10.2 Å². The molecule has 2 rings (SSSR count). The summed E-state index contributed by atoms with van der Waals surface area (Å²) < 4.78 is 7.73. The van der Waals surface area contributed by atoms with E-state index in [1.807, 2.05) is 37.7 Å². The predicted octanol–water partition coefficient (Wildman–Crippen LogP) is 3.33. The van der Waals surface area contributed by atoms with Crippen molar-refractivity contribution in [2.75, 3.05) is 19.1 Å². The fourth-order valence-corrected chi connectivity index (χ4v) is 3.52. The molecule has 130 valence electrons. The maximum absolute atomic E-state index is 12.3. The van der Waals surface area contributed by atoms with Crippen LogP contribution in [0.1, 0.15) is 31.1 Å². The molecule has 0 unspecified atom stereocenters. The van der Waals surface area contributed by atoms with Crippen molar-refractivity contribution in [2.24, 2.45) is 10.4 Å². The molecule has 0 spiro atoms. The topological polar surface area (TPSA) is 60.7 Å². The summed E-state index contributed by atoms with van der Waals surface area (Å²) in [7, 11) is 1.36. The van der Waals surface area contributed by atoms with Crippen LogP contribution in [0, 0.1) is 5.41 Å². The fourth-order valence-electron chi connectivity index (χ4n) is 2.06. The molecule has 1 amide bonds. The first-order valence-electron chi connectivity index (χ1n) is 7.57. The van der Waals surface area contributed by atoms with E-state index in [2.05, 4.69) is 4.99 Å². The molecule has 0 aliphatic rings. The van der Waals surface area contributed by atoms with Crippen molar-refractivity contribution in [3.8, 4) is 0 Å². The zero-order valence-corrected chi connectivity index (χ0v) is 16.2. The van der Waals surface area contributed by atoms with Crippen molar-refractivity contribution >= 4 is 45.2 Å². The lowest BCUT2D eigenvalue weighted by Gasteiger charge is -2.12. The van der Waals surface area contributed by atoms with Gasteiger partial charge in [-0.05, 0) is 24.5 Å². The highest BCUT2D eigenvalue weighted by Gasteiger charge is 2.21. The average molecular weight is 367 g/mol. The first-order valence-corrected chi connectivity index (χ1v) is 9.78. The molecule has 1 aromatic carbocycles. The van der Waals surface area contributed by atoms with Crippen LogP contribution in [0.3, 0.4) is 0 Å². The number of hydrogen-bond acceptors (Lipinski definition) is 5. The van der Waals surface area contributed by atoms with Gasteiger partial charge in [0.2, 0.25) is 0 Å². The van der Waals surface area contributed by atoms with E-state index in [1.54, 1.807) is 23.9 Å². The van der Waals surface area contributed by atoms with Crippen LogP contribution in [0.5, 0.6) is 0 Å². The summed E-state index contributed by atoms with van der Waals surface area (Å²) in [6, 6.07) is 5.42. The molecule has 1 heterocycles. The summed E-state index contributed by atoms with van der Waals surface area (Å²) >= 11 is 3.16. The first kappa shape index (κ1) is 18.7. The Hall–Kier alpha value is -1.60. The van der Waals surface area contributed by atoms with Gasteiger partial charge in [-0.25, -0.2) is 4.79 Å². The Morgan fingerprint density at radius 2 is 2.04 bits per heavy atom. The fraction of sp³-hybridized carbons (Fsp3) is 0.471. The Morgan fingerprint density at radius 1 is 1.33 bits per heavy atom. The van der Waals surface area contributed by atoms with Crippen molar-refractivity contribution < 1.29 is 14.3 Å². The Balaban J connectivity index is 2.62. The molecule has 0 aliphatic carbocycles. The van der Waals surface area contributed by atoms with Crippen LogP contribution in [0.4, 0.5) is 0 Å². The molecule has 0 atom stereocenters. The lowest BCUT2D eigenvalue weighted by atomic mass is 9.96. The van der Waals surface area contributed by atoms with Gasteiger partial charge in [-0.1, -0.05) is 32.1 Å². The van der Waals surface area contributed by atoms with E-state index in [9.17, 15) is 9.59 Å². The number of thioether (sulfide) groups is 1. The van der Waals surface area contributed by atoms with Gasteiger partial charge in [-0.2, -0.15) is 16.8 Å². The molecule has 0 radical (unpaired) electrons. The molecule has 0 bridgehead atoms. The number of aromatic nitrogens is 1. The standard InChI is InChI=1S/C17H22N2O3S2/c1-17(2,3)15(21)18-16-19(8-9-23-5)12-7-6-11(14(20)22-4)10-13(12)24-16/h6-7,10H,8-9H2,1-5H3. The van der Waals surface area contributed by atoms with Gasteiger partial charge in [-0.3, -0.25) is 4.79 Å². The smallest absolute Gasteiger partial charge is 0.337 e. The minimum atomic E-state index is -0.523. The zero-order chi connectivity index (χ0) is 17.9. The third-order valence-electron chi connectivity index (χ3n) is 3.46. The van der Waals surface area contributed by atoms with Gasteiger partial charge < -0.3 is 9.30 Å². The minimum Gasteiger partial charge on any atom is -0.465 e. The number of methoxy groups -OCH3 is 1. The maximum atomic E-state index is 12.3. The number of esters is 1. The van der Waals surface area contributed by atoms with Crippen LogP contribution < -0.4 is 4.80 Å². The number of carbonyl (C=O) groups excluding carboxylic acids is 2. The third kappa shape index (κ3) is 4.08. The van der Waals surface area contributed by atoms with Crippen molar-refractivity contribution in [1.29, 1.82) is 0 Å². The van der Waals surface area contributed by atoms with Gasteiger partial charge in [0, 0.05) is 17.7 Å². The number of amides is 1. The van der Waals surface area contributed by atoms with E-state index in [0.29, 0.717) is 10.4 Å².